The molecule has 1 heterocycles. The van der Waals surface area contributed by atoms with Gasteiger partial charge in [-0.15, -0.1) is 11.8 Å². The van der Waals surface area contributed by atoms with Gasteiger partial charge in [-0.25, -0.2) is 0 Å². The molecule has 0 aromatic rings. The van der Waals surface area contributed by atoms with Crippen LogP contribution in [0, 0.1) is 0 Å². The van der Waals surface area contributed by atoms with Crippen molar-refractivity contribution in [3.05, 3.63) is 0 Å². The molecule has 0 fully saturated rings. The van der Waals surface area contributed by atoms with E-state index in [0.717, 1.165) is 12.3 Å². The summed E-state index contributed by atoms with van der Waals surface area (Å²) in [5, 5.41) is 0. The van der Waals surface area contributed by atoms with E-state index < -0.39 is 0 Å². The topological polar surface area (TPSA) is 12.4 Å². The SMILES string of the molecule is [C]1=NCCS1.[Zr]. The molecule has 0 bridgehead atoms. The van der Waals surface area contributed by atoms with Crippen LogP contribution in [0.3, 0.4) is 0 Å². The van der Waals surface area contributed by atoms with E-state index in [4.69, 9.17) is 0 Å². The second-order valence-electron chi connectivity index (χ2n) is 0.821. The third-order valence-corrected chi connectivity index (χ3v) is 1.08. The van der Waals surface area contributed by atoms with Crippen LogP contribution in [0.15, 0.2) is 4.99 Å². The van der Waals surface area contributed by atoms with Crippen LogP contribution >= 0.6 is 11.8 Å². The Morgan fingerprint density at radius 3 is 2.67 bits per heavy atom. The van der Waals surface area contributed by atoms with Crippen molar-refractivity contribution in [2.75, 3.05) is 12.3 Å². The van der Waals surface area contributed by atoms with Gasteiger partial charge in [0.2, 0.25) is 0 Å². The van der Waals surface area contributed by atoms with Crippen LogP contribution in [-0.2, 0) is 26.2 Å². The van der Waals surface area contributed by atoms with Crippen molar-refractivity contribution in [1.29, 1.82) is 0 Å². The fraction of sp³-hybridized carbons (Fsp3) is 0.667. The van der Waals surface area contributed by atoms with Crippen LogP contribution < -0.4 is 0 Å². The molecule has 1 rings (SSSR count). The molecule has 0 aromatic heterocycles. The molecular weight excluding hydrogens is 173 g/mol. The molecule has 1 nitrogen and oxygen atoms in total. The molecule has 31 valence electrons. The molecule has 3 heteroatoms. The number of hydrogen-bond acceptors (Lipinski definition) is 2. The molecule has 1 aliphatic heterocycles. The summed E-state index contributed by atoms with van der Waals surface area (Å²) in [5.41, 5.74) is 2.76. The van der Waals surface area contributed by atoms with Crippen LogP contribution in [0.5, 0.6) is 0 Å². The molecule has 0 aliphatic carbocycles. The van der Waals surface area contributed by atoms with Crippen LogP contribution in [-0.4, -0.2) is 17.8 Å². The number of thioether (sulfide) groups is 1. The van der Waals surface area contributed by atoms with Crippen LogP contribution in [0.1, 0.15) is 0 Å². The normalized spacial score (nSPS) is 17.3. The van der Waals surface area contributed by atoms with Gasteiger partial charge in [-0.05, 0) is 0 Å². The van der Waals surface area contributed by atoms with Crippen molar-refractivity contribution in [2.45, 2.75) is 0 Å². The second-order valence-corrected chi connectivity index (χ2v) is 1.70. The Bertz CT molecular complexity index is 48.8. The zero-order valence-electron chi connectivity index (χ0n) is 3.27. The first-order valence-electron chi connectivity index (χ1n) is 1.53. The minimum Gasteiger partial charge on any atom is -0.275 e. The Hall–Kier alpha value is 0.903. The molecule has 0 saturated heterocycles. The smallest absolute Gasteiger partial charge is 0.122 e. The second kappa shape index (κ2) is 4.07. The Kier molecular flexibility index (Phi) is 4.69. The van der Waals surface area contributed by atoms with E-state index in [1.807, 2.05) is 0 Å². The van der Waals surface area contributed by atoms with Crippen LogP contribution in [0.4, 0.5) is 0 Å². The molecule has 0 N–H and O–H groups in total. The first kappa shape index (κ1) is 6.90. The molecule has 1 aliphatic rings. The van der Waals surface area contributed by atoms with Crippen molar-refractivity contribution < 1.29 is 26.2 Å². The standard InChI is InChI=1S/C3H4NS.Zr/c1-2-5-3-4-1;/h1-2H2;. The summed E-state index contributed by atoms with van der Waals surface area (Å²) in [7, 11) is 0. The van der Waals surface area contributed by atoms with E-state index in [2.05, 4.69) is 10.5 Å². The monoisotopic (exact) mass is 176 g/mol. The van der Waals surface area contributed by atoms with E-state index in [0.29, 0.717) is 0 Å². The molecule has 6 heavy (non-hydrogen) atoms. The summed E-state index contributed by atoms with van der Waals surface area (Å²) in [6.45, 7) is 0.977. The van der Waals surface area contributed by atoms with Gasteiger partial charge in [-0.3, -0.25) is 4.99 Å². The molecule has 0 spiro atoms. The van der Waals surface area contributed by atoms with Gasteiger partial charge in [-0.2, -0.15) is 0 Å². The first-order chi connectivity index (χ1) is 2.50. The Morgan fingerprint density at radius 1 is 1.67 bits per heavy atom. The van der Waals surface area contributed by atoms with E-state index in [1.54, 1.807) is 11.8 Å². The summed E-state index contributed by atoms with van der Waals surface area (Å²) in [4.78, 5) is 3.80. The molecule has 0 saturated carbocycles. The Balaban J connectivity index is 0.000000250. The fourth-order valence-electron chi connectivity index (χ4n) is 0.228. The van der Waals surface area contributed by atoms with Gasteiger partial charge in [0.05, 0.1) is 0 Å². The van der Waals surface area contributed by atoms with Crippen LogP contribution in [0.2, 0.25) is 0 Å². The van der Waals surface area contributed by atoms with Crippen molar-refractivity contribution in [3.63, 3.8) is 0 Å². The van der Waals surface area contributed by atoms with Gasteiger partial charge in [0, 0.05) is 38.5 Å². The zero-order valence-corrected chi connectivity index (χ0v) is 6.54. The zero-order chi connectivity index (χ0) is 3.54. The van der Waals surface area contributed by atoms with Crippen molar-refractivity contribution in [2.24, 2.45) is 4.99 Å². The largest absolute Gasteiger partial charge is 0.275 e. The van der Waals surface area contributed by atoms with E-state index in [-0.39, 0.29) is 26.2 Å². The third-order valence-electron chi connectivity index (χ3n) is 0.434. The number of aliphatic imine (C=N–C) groups is 1. The molecule has 0 atom stereocenters. The Labute approximate surface area is 60.7 Å². The molecular formula is C3H4NSZr. The number of rotatable bonds is 0. The number of hydrogen-bond donors (Lipinski definition) is 0. The minimum absolute atomic E-state index is 0. The average Bonchev–Trinajstić information content (AvgIpc) is 1.76. The van der Waals surface area contributed by atoms with Gasteiger partial charge in [-0.1, -0.05) is 0 Å². The van der Waals surface area contributed by atoms with E-state index in [9.17, 15) is 0 Å². The summed E-state index contributed by atoms with van der Waals surface area (Å²) in [6.07, 6.45) is 0. The quantitative estimate of drug-likeness (QED) is 0.529. The summed E-state index contributed by atoms with van der Waals surface area (Å²) in [5.74, 6) is 1.14. The van der Waals surface area contributed by atoms with Gasteiger partial charge in [0.25, 0.3) is 0 Å². The maximum Gasteiger partial charge on any atom is 0.122 e. The van der Waals surface area contributed by atoms with Crippen LogP contribution in [0.25, 0.3) is 0 Å². The van der Waals surface area contributed by atoms with Gasteiger partial charge in [0.15, 0.2) is 0 Å². The third kappa shape index (κ3) is 2.14. The molecule has 0 unspecified atom stereocenters. The first-order valence-corrected chi connectivity index (χ1v) is 2.52. The minimum atomic E-state index is 0. The average molecular weight is 177 g/mol. The van der Waals surface area contributed by atoms with Gasteiger partial charge < -0.3 is 0 Å². The summed E-state index contributed by atoms with van der Waals surface area (Å²) in [6, 6.07) is 0. The molecule has 0 amide bonds. The van der Waals surface area contributed by atoms with Crippen molar-refractivity contribution in [3.8, 4) is 0 Å². The van der Waals surface area contributed by atoms with Gasteiger partial charge >= 0.3 is 0 Å². The summed E-state index contributed by atoms with van der Waals surface area (Å²) >= 11 is 1.66. The fourth-order valence-corrected chi connectivity index (χ4v) is 0.685. The maximum atomic E-state index is 3.80. The summed E-state index contributed by atoms with van der Waals surface area (Å²) < 4.78 is 0. The van der Waals surface area contributed by atoms with E-state index in [1.165, 1.54) is 0 Å². The predicted molar refractivity (Wildman–Crippen MR) is 24.8 cm³/mol. The molecule has 1 radical (unpaired) electrons. The maximum absolute atomic E-state index is 3.80. The molecule has 0 aromatic carbocycles. The van der Waals surface area contributed by atoms with Gasteiger partial charge in [0.1, 0.15) is 5.55 Å². The predicted octanol–water partition coefficient (Wildman–Crippen LogP) is 0.636. The van der Waals surface area contributed by atoms with E-state index >= 15 is 0 Å². The van der Waals surface area contributed by atoms with Crippen molar-refractivity contribution in [1.82, 2.24) is 0 Å². The van der Waals surface area contributed by atoms with Crippen molar-refractivity contribution >= 4 is 17.3 Å². The Morgan fingerprint density at radius 2 is 2.50 bits per heavy atom. The number of nitrogens with zero attached hydrogens (tertiary/aromatic N) is 1.